The summed E-state index contributed by atoms with van der Waals surface area (Å²) >= 11 is 6.13. The Morgan fingerprint density at radius 2 is 2.05 bits per heavy atom. The van der Waals surface area contributed by atoms with E-state index in [0.29, 0.717) is 10.7 Å². The third-order valence-corrected chi connectivity index (χ3v) is 3.60. The molecule has 0 aliphatic heterocycles. The number of hydrogen-bond acceptors (Lipinski definition) is 3. The molecule has 1 atom stereocenters. The van der Waals surface area contributed by atoms with Crippen molar-refractivity contribution in [3.63, 3.8) is 0 Å². The van der Waals surface area contributed by atoms with Gasteiger partial charge in [-0.15, -0.1) is 0 Å². The van der Waals surface area contributed by atoms with Gasteiger partial charge in [-0.3, -0.25) is 9.48 Å². The van der Waals surface area contributed by atoms with E-state index in [2.05, 4.69) is 5.10 Å². The molecule has 0 saturated heterocycles. The SMILES string of the molecule is Cc1nn(C)c(CC(=O)C(N)c2ccccc2)c1Cl. The van der Waals surface area contributed by atoms with Crippen molar-refractivity contribution in [2.45, 2.75) is 19.4 Å². The van der Waals surface area contributed by atoms with Gasteiger partial charge in [0.2, 0.25) is 0 Å². The fourth-order valence-corrected chi connectivity index (χ4v) is 2.22. The first kappa shape index (κ1) is 13.8. The quantitative estimate of drug-likeness (QED) is 0.932. The Balaban J connectivity index is 2.18. The van der Waals surface area contributed by atoms with Crippen LogP contribution < -0.4 is 5.73 Å². The van der Waals surface area contributed by atoms with Crippen LogP contribution in [0.25, 0.3) is 0 Å². The molecule has 0 aliphatic rings. The molecular formula is C14H16ClN3O. The molecule has 4 nitrogen and oxygen atoms in total. The third kappa shape index (κ3) is 2.85. The average molecular weight is 278 g/mol. The summed E-state index contributed by atoms with van der Waals surface area (Å²) in [7, 11) is 1.77. The van der Waals surface area contributed by atoms with Crippen molar-refractivity contribution < 1.29 is 4.79 Å². The number of benzene rings is 1. The van der Waals surface area contributed by atoms with Crippen molar-refractivity contribution >= 4 is 17.4 Å². The second-order valence-electron chi connectivity index (χ2n) is 4.50. The number of carbonyl (C=O) groups is 1. The Labute approximate surface area is 117 Å². The minimum absolute atomic E-state index is 0.0731. The van der Waals surface area contributed by atoms with Crippen molar-refractivity contribution in [1.82, 2.24) is 9.78 Å². The molecule has 0 amide bonds. The van der Waals surface area contributed by atoms with Gasteiger partial charge < -0.3 is 5.73 Å². The van der Waals surface area contributed by atoms with Crippen molar-refractivity contribution in [3.8, 4) is 0 Å². The first-order valence-electron chi connectivity index (χ1n) is 6.02. The molecular weight excluding hydrogens is 262 g/mol. The fourth-order valence-electron chi connectivity index (χ4n) is 1.99. The number of hydrogen-bond donors (Lipinski definition) is 1. The molecule has 1 aromatic heterocycles. The van der Waals surface area contributed by atoms with Gasteiger partial charge in [0.25, 0.3) is 0 Å². The molecule has 0 spiro atoms. The van der Waals surface area contributed by atoms with Crippen molar-refractivity contribution in [1.29, 1.82) is 0 Å². The number of halogens is 1. The van der Waals surface area contributed by atoms with Crippen LogP contribution in [-0.4, -0.2) is 15.6 Å². The summed E-state index contributed by atoms with van der Waals surface area (Å²) in [6.45, 7) is 1.81. The molecule has 2 rings (SSSR count). The van der Waals surface area contributed by atoms with Crippen LogP contribution in [0, 0.1) is 6.92 Å². The summed E-state index contributed by atoms with van der Waals surface area (Å²) < 4.78 is 1.63. The smallest absolute Gasteiger partial charge is 0.160 e. The normalized spacial score (nSPS) is 12.4. The maximum Gasteiger partial charge on any atom is 0.160 e. The summed E-state index contributed by atoms with van der Waals surface area (Å²) in [6.07, 6.45) is 0.187. The van der Waals surface area contributed by atoms with Gasteiger partial charge in [0.05, 0.1) is 28.9 Å². The number of rotatable bonds is 4. The van der Waals surface area contributed by atoms with Crippen LogP contribution in [0.5, 0.6) is 0 Å². The Hall–Kier alpha value is -1.65. The van der Waals surface area contributed by atoms with Crippen LogP contribution in [0.3, 0.4) is 0 Å². The van der Waals surface area contributed by atoms with Gasteiger partial charge in [-0.1, -0.05) is 41.9 Å². The predicted octanol–water partition coefficient (Wildman–Crippen LogP) is 2.19. The van der Waals surface area contributed by atoms with Crippen LogP contribution in [0.2, 0.25) is 5.02 Å². The standard InChI is InChI=1S/C14H16ClN3O/c1-9-13(15)11(18(2)17-9)8-12(19)14(16)10-6-4-3-5-7-10/h3-7,14H,8,16H2,1-2H3. The molecule has 5 heteroatoms. The van der Waals surface area contributed by atoms with Gasteiger partial charge in [-0.25, -0.2) is 0 Å². The van der Waals surface area contributed by atoms with E-state index < -0.39 is 6.04 Å². The van der Waals surface area contributed by atoms with E-state index in [9.17, 15) is 4.79 Å². The van der Waals surface area contributed by atoms with E-state index in [4.69, 9.17) is 17.3 Å². The molecule has 0 saturated carbocycles. The van der Waals surface area contributed by atoms with E-state index in [1.165, 1.54) is 0 Å². The van der Waals surface area contributed by atoms with E-state index in [1.54, 1.807) is 11.7 Å². The van der Waals surface area contributed by atoms with E-state index in [-0.39, 0.29) is 12.2 Å². The highest BCUT2D eigenvalue weighted by molar-refractivity contribution is 6.32. The van der Waals surface area contributed by atoms with Gasteiger partial charge in [0.15, 0.2) is 5.78 Å². The average Bonchev–Trinajstić information content (AvgIpc) is 2.65. The summed E-state index contributed by atoms with van der Waals surface area (Å²) in [6, 6.07) is 8.68. The van der Waals surface area contributed by atoms with Crippen LogP contribution in [0.15, 0.2) is 30.3 Å². The van der Waals surface area contributed by atoms with Crippen LogP contribution in [-0.2, 0) is 18.3 Å². The molecule has 0 aliphatic carbocycles. The summed E-state index contributed by atoms with van der Waals surface area (Å²) in [5.74, 6) is -0.0731. The van der Waals surface area contributed by atoms with Gasteiger partial charge in [0.1, 0.15) is 0 Å². The van der Waals surface area contributed by atoms with Gasteiger partial charge in [-0.05, 0) is 12.5 Å². The number of nitrogens with two attached hydrogens (primary N) is 1. The second-order valence-corrected chi connectivity index (χ2v) is 4.88. The molecule has 1 aromatic carbocycles. The lowest BCUT2D eigenvalue weighted by Crippen LogP contribution is -2.24. The predicted molar refractivity (Wildman–Crippen MR) is 75.0 cm³/mol. The molecule has 0 bridgehead atoms. The van der Waals surface area contributed by atoms with Crippen LogP contribution in [0.4, 0.5) is 0 Å². The largest absolute Gasteiger partial charge is 0.318 e. The Kier molecular flexibility index (Phi) is 4.02. The number of aromatic nitrogens is 2. The number of Topliss-reactive ketones (excluding diaryl/α,β-unsaturated/α-hetero) is 1. The highest BCUT2D eigenvalue weighted by Gasteiger charge is 2.20. The molecule has 19 heavy (non-hydrogen) atoms. The minimum Gasteiger partial charge on any atom is -0.318 e. The Morgan fingerprint density at radius 3 is 2.58 bits per heavy atom. The van der Waals surface area contributed by atoms with Crippen molar-refractivity contribution in [2.75, 3.05) is 0 Å². The maximum atomic E-state index is 12.2. The molecule has 1 heterocycles. The number of nitrogens with zero attached hydrogens (tertiary/aromatic N) is 2. The summed E-state index contributed by atoms with van der Waals surface area (Å²) in [4.78, 5) is 12.2. The van der Waals surface area contributed by atoms with Gasteiger partial charge in [0, 0.05) is 7.05 Å². The maximum absolute atomic E-state index is 12.2. The molecule has 0 fully saturated rings. The monoisotopic (exact) mass is 277 g/mol. The summed E-state index contributed by atoms with van der Waals surface area (Å²) in [5.41, 5.74) is 8.21. The Morgan fingerprint density at radius 1 is 1.42 bits per heavy atom. The molecule has 2 N–H and O–H groups in total. The van der Waals surface area contributed by atoms with E-state index in [1.807, 2.05) is 37.3 Å². The molecule has 100 valence electrons. The highest BCUT2D eigenvalue weighted by Crippen LogP contribution is 2.22. The van der Waals surface area contributed by atoms with Crippen LogP contribution >= 0.6 is 11.6 Å². The lowest BCUT2D eigenvalue weighted by atomic mass is 10.0. The molecule has 1 unspecified atom stereocenters. The summed E-state index contributed by atoms with van der Waals surface area (Å²) in [5, 5.41) is 4.73. The number of ketones is 1. The molecule has 0 radical (unpaired) electrons. The van der Waals surface area contributed by atoms with Crippen LogP contribution in [0.1, 0.15) is 23.0 Å². The fraction of sp³-hybridized carbons (Fsp3) is 0.286. The zero-order valence-corrected chi connectivity index (χ0v) is 11.7. The molecule has 2 aromatic rings. The first-order valence-corrected chi connectivity index (χ1v) is 6.39. The van der Waals surface area contributed by atoms with Crippen molar-refractivity contribution in [3.05, 3.63) is 52.3 Å². The lowest BCUT2D eigenvalue weighted by molar-refractivity contribution is -0.119. The number of carbonyl (C=O) groups excluding carboxylic acids is 1. The first-order chi connectivity index (χ1) is 9.00. The highest BCUT2D eigenvalue weighted by atomic mass is 35.5. The van der Waals surface area contributed by atoms with E-state index in [0.717, 1.165) is 11.3 Å². The second kappa shape index (κ2) is 5.55. The topological polar surface area (TPSA) is 60.9 Å². The zero-order chi connectivity index (χ0) is 14.0. The lowest BCUT2D eigenvalue weighted by Gasteiger charge is -2.11. The van der Waals surface area contributed by atoms with Crippen molar-refractivity contribution in [2.24, 2.45) is 12.8 Å². The number of aryl methyl sites for hydroxylation is 2. The third-order valence-electron chi connectivity index (χ3n) is 3.11. The minimum atomic E-state index is -0.632. The van der Waals surface area contributed by atoms with Gasteiger partial charge in [-0.2, -0.15) is 5.10 Å². The van der Waals surface area contributed by atoms with E-state index >= 15 is 0 Å². The Bertz CT molecular complexity index is 592. The van der Waals surface area contributed by atoms with Gasteiger partial charge >= 0.3 is 0 Å². The zero-order valence-electron chi connectivity index (χ0n) is 10.9.